The van der Waals surface area contributed by atoms with Crippen molar-refractivity contribution in [1.29, 1.82) is 0 Å². The Balaban J connectivity index is 2.34. The van der Waals surface area contributed by atoms with Gasteiger partial charge in [-0.3, -0.25) is 9.79 Å². The maximum absolute atomic E-state index is 13.5. The number of carboxylic acids is 1. The number of amides is 1. The van der Waals surface area contributed by atoms with Gasteiger partial charge in [-0.15, -0.1) is 0 Å². The molecule has 1 amide bonds. The summed E-state index contributed by atoms with van der Waals surface area (Å²) in [6, 6.07) is 0.829. The van der Waals surface area contributed by atoms with Gasteiger partial charge in [0.1, 0.15) is 17.8 Å². The molecule has 0 aliphatic carbocycles. The number of nitrogens with two attached hydrogens (primary N) is 2. The Labute approximate surface area is 213 Å². The molecule has 3 atom stereocenters. The van der Waals surface area contributed by atoms with Gasteiger partial charge < -0.3 is 26.2 Å². The van der Waals surface area contributed by atoms with Gasteiger partial charge in [0, 0.05) is 13.1 Å². The molecule has 1 fully saturated rings. The third kappa shape index (κ3) is 7.82. The second kappa shape index (κ2) is 12.9. The number of likely N-dealkylation sites (tertiary alicyclic amines) is 1. The molecule has 1 aromatic carbocycles. The number of rotatable bonds is 12. The Hall–Kier alpha value is -2.86. The zero-order chi connectivity index (χ0) is 27.0. The summed E-state index contributed by atoms with van der Waals surface area (Å²) in [4.78, 5) is 30.5. The summed E-state index contributed by atoms with van der Waals surface area (Å²) >= 11 is 0. The number of aliphatic carboxylic acids is 1. The average Bonchev–Trinajstić information content (AvgIpc) is 2.79. The monoisotopic (exact) mass is 525 g/mol. The van der Waals surface area contributed by atoms with Crippen molar-refractivity contribution in [2.45, 2.75) is 76.8 Å². The summed E-state index contributed by atoms with van der Waals surface area (Å²) in [5.41, 5.74) is 12.1. The third-order valence-corrected chi connectivity index (χ3v) is 7.62. The number of nitrogens with one attached hydrogen (secondary N) is 1. The van der Waals surface area contributed by atoms with Gasteiger partial charge in [-0.1, -0.05) is 13.8 Å². The average molecular weight is 526 g/mol. The van der Waals surface area contributed by atoms with Crippen LogP contribution in [0, 0.1) is 19.8 Å². The van der Waals surface area contributed by atoms with E-state index >= 15 is 0 Å². The quantitative estimate of drug-likeness (QED) is 0.180. The Morgan fingerprint density at radius 2 is 1.92 bits per heavy atom. The van der Waals surface area contributed by atoms with Crippen LogP contribution >= 0.6 is 0 Å². The number of benzene rings is 1. The first kappa shape index (κ1) is 29.4. The van der Waals surface area contributed by atoms with Crippen LogP contribution in [0.5, 0.6) is 5.75 Å². The van der Waals surface area contributed by atoms with Crippen LogP contribution in [0.25, 0.3) is 0 Å². The fourth-order valence-electron chi connectivity index (χ4n) is 4.33. The zero-order valence-corrected chi connectivity index (χ0v) is 22.3. The minimum absolute atomic E-state index is 0.00502. The van der Waals surface area contributed by atoms with Gasteiger partial charge in [-0.25, -0.2) is 13.2 Å². The Bertz CT molecular complexity index is 1050. The molecule has 6 N–H and O–H groups in total. The highest BCUT2D eigenvalue weighted by Gasteiger charge is 2.38. The van der Waals surface area contributed by atoms with Crippen LogP contribution in [0.3, 0.4) is 0 Å². The van der Waals surface area contributed by atoms with E-state index in [9.17, 15) is 23.1 Å². The molecule has 1 aromatic rings. The lowest BCUT2D eigenvalue weighted by Gasteiger charge is -2.38. The van der Waals surface area contributed by atoms with Crippen molar-refractivity contribution in [3.63, 3.8) is 0 Å². The van der Waals surface area contributed by atoms with Gasteiger partial charge in [0.25, 0.3) is 0 Å². The Kier molecular flexibility index (Phi) is 10.5. The van der Waals surface area contributed by atoms with Crippen LogP contribution in [-0.4, -0.2) is 68.0 Å². The van der Waals surface area contributed by atoms with E-state index in [1.54, 1.807) is 13.8 Å². The molecular weight excluding hydrogens is 486 g/mol. The highest BCUT2D eigenvalue weighted by Crippen LogP contribution is 2.28. The minimum Gasteiger partial charge on any atom is -0.493 e. The molecular formula is C24H39N5O6S. The topological polar surface area (TPSA) is 177 Å². The van der Waals surface area contributed by atoms with Crippen molar-refractivity contribution in [1.82, 2.24) is 9.62 Å². The third-order valence-electron chi connectivity index (χ3n) is 6.17. The van der Waals surface area contributed by atoms with Gasteiger partial charge in [-0.05, 0) is 75.1 Å². The lowest BCUT2D eigenvalue weighted by Crippen LogP contribution is -2.56. The van der Waals surface area contributed by atoms with Crippen LogP contribution in [0.15, 0.2) is 22.0 Å². The van der Waals surface area contributed by atoms with Crippen molar-refractivity contribution in [2.75, 3.05) is 19.7 Å². The van der Waals surface area contributed by atoms with E-state index in [0.717, 1.165) is 6.42 Å². The molecule has 1 aliphatic rings. The smallest absolute Gasteiger partial charge is 0.326 e. The largest absolute Gasteiger partial charge is 0.493 e. The molecule has 12 heteroatoms. The van der Waals surface area contributed by atoms with Gasteiger partial charge in [0.2, 0.25) is 15.9 Å². The number of piperidine rings is 1. The SMILES string of the molecule is CCCOc1c(C)cc(S(=O)(=O)N[C@@H](CCCN=C(N)N)C(=O)N2CC[C@@H](C)C[C@@H]2C(=O)O)cc1C. The zero-order valence-electron chi connectivity index (χ0n) is 21.5. The second-order valence-corrected chi connectivity index (χ2v) is 11.1. The van der Waals surface area contributed by atoms with Crippen molar-refractivity contribution >= 4 is 27.9 Å². The fourth-order valence-corrected chi connectivity index (χ4v) is 5.72. The van der Waals surface area contributed by atoms with Gasteiger partial charge in [0.05, 0.1) is 11.5 Å². The Morgan fingerprint density at radius 1 is 1.28 bits per heavy atom. The summed E-state index contributed by atoms with van der Waals surface area (Å²) in [6.07, 6.45) is 2.19. The van der Waals surface area contributed by atoms with Gasteiger partial charge in [-0.2, -0.15) is 4.72 Å². The highest BCUT2D eigenvalue weighted by atomic mass is 32.2. The molecule has 202 valence electrons. The van der Waals surface area contributed by atoms with E-state index in [2.05, 4.69) is 9.71 Å². The number of carbonyl (C=O) groups is 2. The van der Waals surface area contributed by atoms with Crippen LogP contribution < -0.4 is 20.9 Å². The molecule has 0 radical (unpaired) electrons. The number of carbonyl (C=O) groups excluding carboxylic acids is 1. The number of aryl methyl sites for hydroxylation is 2. The van der Waals surface area contributed by atoms with Crippen molar-refractivity contribution in [2.24, 2.45) is 22.4 Å². The molecule has 1 aliphatic heterocycles. The number of sulfonamides is 1. The van der Waals surface area contributed by atoms with Crippen molar-refractivity contribution in [3.05, 3.63) is 23.3 Å². The molecule has 0 saturated carbocycles. The first-order valence-electron chi connectivity index (χ1n) is 12.2. The van der Waals surface area contributed by atoms with Crippen LogP contribution in [0.1, 0.15) is 57.1 Å². The van der Waals surface area contributed by atoms with E-state index in [0.29, 0.717) is 42.7 Å². The molecule has 1 heterocycles. The summed E-state index contributed by atoms with van der Waals surface area (Å²) in [5.74, 6) is -1.01. The number of hydrogen-bond acceptors (Lipinski definition) is 6. The fraction of sp³-hybridized carbons (Fsp3) is 0.625. The number of ether oxygens (including phenoxy) is 1. The van der Waals surface area contributed by atoms with Crippen molar-refractivity contribution < 1.29 is 27.9 Å². The number of carboxylic acid groups (broad SMARTS) is 1. The van der Waals surface area contributed by atoms with E-state index in [1.807, 2.05) is 13.8 Å². The predicted molar refractivity (Wildman–Crippen MR) is 137 cm³/mol. The normalized spacial score (nSPS) is 18.9. The van der Waals surface area contributed by atoms with E-state index in [1.165, 1.54) is 17.0 Å². The second-order valence-electron chi connectivity index (χ2n) is 9.37. The number of aliphatic imine (C=N–C) groups is 1. The molecule has 0 spiro atoms. The summed E-state index contributed by atoms with van der Waals surface area (Å²) in [5, 5.41) is 9.70. The van der Waals surface area contributed by atoms with Crippen LogP contribution in [-0.2, 0) is 19.6 Å². The molecule has 1 saturated heterocycles. The molecule has 2 rings (SSSR count). The molecule has 0 unspecified atom stereocenters. The molecule has 36 heavy (non-hydrogen) atoms. The lowest BCUT2D eigenvalue weighted by atomic mass is 9.91. The molecule has 11 nitrogen and oxygen atoms in total. The highest BCUT2D eigenvalue weighted by molar-refractivity contribution is 7.89. The molecule has 0 bridgehead atoms. The van der Waals surface area contributed by atoms with Crippen LogP contribution in [0.2, 0.25) is 0 Å². The summed E-state index contributed by atoms with van der Waals surface area (Å²) < 4.78 is 35.0. The van der Waals surface area contributed by atoms with E-state index in [4.69, 9.17) is 16.2 Å². The predicted octanol–water partition coefficient (Wildman–Crippen LogP) is 1.50. The maximum atomic E-state index is 13.5. The van der Waals surface area contributed by atoms with Gasteiger partial charge in [0.15, 0.2) is 5.96 Å². The number of hydrogen-bond donors (Lipinski definition) is 4. The molecule has 0 aromatic heterocycles. The van der Waals surface area contributed by atoms with E-state index < -0.39 is 34.0 Å². The first-order valence-corrected chi connectivity index (χ1v) is 13.7. The number of nitrogens with zero attached hydrogens (tertiary/aromatic N) is 2. The van der Waals surface area contributed by atoms with E-state index in [-0.39, 0.29) is 36.3 Å². The van der Waals surface area contributed by atoms with Gasteiger partial charge >= 0.3 is 5.97 Å². The lowest BCUT2D eigenvalue weighted by molar-refractivity contribution is -0.153. The summed E-state index contributed by atoms with van der Waals surface area (Å²) in [7, 11) is -4.11. The van der Waals surface area contributed by atoms with Crippen LogP contribution in [0.4, 0.5) is 0 Å². The Morgan fingerprint density at radius 3 is 2.47 bits per heavy atom. The first-order chi connectivity index (χ1) is 16.9. The summed E-state index contributed by atoms with van der Waals surface area (Å²) in [6.45, 7) is 8.40. The standard InChI is InChI=1S/C24H39N5O6S/c1-5-11-35-21-16(3)13-18(14-17(21)4)36(33,34)28-19(7-6-9-27-24(25)26)22(30)29-10-8-15(2)12-20(29)23(31)32/h13-15,19-20,28H,5-12H2,1-4H3,(H,31,32)(H4,25,26,27)/t15-,19+,20-/m1/s1. The van der Waals surface area contributed by atoms with Crippen molar-refractivity contribution in [3.8, 4) is 5.75 Å². The maximum Gasteiger partial charge on any atom is 0.326 e. The number of guanidine groups is 1. The minimum atomic E-state index is -4.11.